The molecule has 2 atom stereocenters. The van der Waals surface area contributed by atoms with Gasteiger partial charge in [0, 0.05) is 25.9 Å². The molecule has 1 aliphatic heterocycles. The van der Waals surface area contributed by atoms with Gasteiger partial charge in [-0.1, -0.05) is 5.16 Å². The van der Waals surface area contributed by atoms with Gasteiger partial charge in [0.25, 0.3) is 0 Å². The van der Waals surface area contributed by atoms with Crippen LogP contribution in [0, 0.1) is 0 Å². The van der Waals surface area contributed by atoms with Gasteiger partial charge < -0.3 is 25.0 Å². The van der Waals surface area contributed by atoms with Crippen LogP contribution < -0.4 is 5.32 Å². The van der Waals surface area contributed by atoms with Crippen LogP contribution in [0.25, 0.3) is 0 Å². The lowest BCUT2D eigenvalue weighted by atomic mass is 10.2. The number of urea groups is 1. The van der Waals surface area contributed by atoms with Crippen molar-refractivity contribution >= 4 is 12.0 Å². The number of likely N-dealkylation sites (tertiary alicyclic amines) is 1. The Morgan fingerprint density at radius 3 is 3.00 bits per heavy atom. The van der Waals surface area contributed by atoms with Gasteiger partial charge in [-0.15, -0.1) is 0 Å². The zero-order valence-electron chi connectivity index (χ0n) is 10.0. The summed E-state index contributed by atoms with van der Waals surface area (Å²) in [5.74, 6) is -0.736. The average molecular weight is 270 g/mol. The van der Waals surface area contributed by atoms with Crippen LogP contribution in [0.4, 0.5) is 4.79 Å². The van der Waals surface area contributed by atoms with Crippen molar-refractivity contribution in [1.82, 2.24) is 20.4 Å². The van der Waals surface area contributed by atoms with Gasteiger partial charge in [-0.2, -0.15) is 4.98 Å². The molecule has 1 aromatic rings. The van der Waals surface area contributed by atoms with Gasteiger partial charge in [-0.3, -0.25) is 0 Å². The molecule has 0 aromatic carbocycles. The number of aliphatic carboxylic acids is 1. The molecular formula is C10H14N4O5. The third-order valence-electron chi connectivity index (χ3n) is 2.85. The molecule has 2 amide bonds. The van der Waals surface area contributed by atoms with E-state index < -0.39 is 24.1 Å². The highest BCUT2D eigenvalue weighted by molar-refractivity contribution is 5.83. The summed E-state index contributed by atoms with van der Waals surface area (Å²) in [7, 11) is 0. The summed E-state index contributed by atoms with van der Waals surface area (Å²) < 4.78 is 4.76. The normalized spacial score (nSPS) is 22.5. The molecule has 2 heterocycles. The first kappa shape index (κ1) is 13.3. The lowest BCUT2D eigenvalue weighted by Crippen LogP contribution is -2.46. The summed E-state index contributed by atoms with van der Waals surface area (Å²) in [5, 5.41) is 24.4. The Morgan fingerprint density at radius 1 is 1.58 bits per heavy atom. The quantitative estimate of drug-likeness (QED) is 0.629. The van der Waals surface area contributed by atoms with Crippen LogP contribution in [-0.4, -0.2) is 62.5 Å². The number of rotatable bonds is 4. The minimum absolute atomic E-state index is 0.0172. The summed E-state index contributed by atoms with van der Waals surface area (Å²) in [6, 6.07) is -1.51. The summed E-state index contributed by atoms with van der Waals surface area (Å²) in [4.78, 5) is 27.7. The fraction of sp³-hybridized carbons (Fsp3) is 0.600. The molecule has 0 spiro atoms. The largest absolute Gasteiger partial charge is 0.480 e. The van der Waals surface area contributed by atoms with Crippen molar-refractivity contribution in [2.75, 3.05) is 13.1 Å². The maximum Gasteiger partial charge on any atom is 0.326 e. The van der Waals surface area contributed by atoms with Crippen molar-refractivity contribution < 1.29 is 24.3 Å². The Morgan fingerprint density at radius 2 is 2.37 bits per heavy atom. The molecule has 9 nitrogen and oxygen atoms in total. The second-order valence-electron chi connectivity index (χ2n) is 4.21. The van der Waals surface area contributed by atoms with Crippen LogP contribution in [0.15, 0.2) is 10.9 Å². The molecule has 104 valence electrons. The molecule has 0 saturated carbocycles. The molecule has 2 rings (SSSR count). The van der Waals surface area contributed by atoms with E-state index in [0.29, 0.717) is 12.3 Å². The smallest absolute Gasteiger partial charge is 0.326 e. The number of β-amino-alcohol motifs (C(OH)–C–C–N with tert-alkyl or cyclic N) is 1. The number of aliphatic hydroxyl groups is 1. The van der Waals surface area contributed by atoms with Crippen molar-refractivity contribution in [3.63, 3.8) is 0 Å². The molecule has 1 saturated heterocycles. The fourth-order valence-electron chi connectivity index (χ4n) is 1.96. The maximum absolute atomic E-state index is 11.8. The SMILES string of the molecule is O=C(O)[C@@H]1C[C@H](O)CN1C(=O)NCCc1ncno1. The number of carbonyl (C=O) groups excluding carboxylic acids is 1. The lowest BCUT2D eigenvalue weighted by Gasteiger charge is -2.21. The van der Waals surface area contributed by atoms with E-state index in [0.717, 1.165) is 4.90 Å². The molecule has 1 aromatic heterocycles. The maximum atomic E-state index is 11.8. The van der Waals surface area contributed by atoms with Crippen molar-refractivity contribution in [3.8, 4) is 0 Å². The van der Waals surface area contributed by atoms with Gasteiger partial charge in [0.15, 0.2) is 6.33 Å². The lowest BCUT2D eigenvalue weighted by molar-refractivity contribution is -0.141. The summed E-state index contributed by atoms with van der Waals surface area (Å²) >= 11 is 0. The number of nitrogens with one attached hydrogen (secondary N) is 1. The van der Waals surface area contributed by atoms with Crippen LogP contribution in [0.3, 0.4) is 0 Å². The van der Waals surface area contributed by atoms with E-state index in [1.54, 1.807) is 0 Å². The molecule has 19 heavy (non-hydrogen) atoms. The minimum atomic E-state index is -1.12. The number of carbonyl (C=O) groups is 2. The molecule has 3 N–H and O–H groups in total. The summed E-state index contributed by atoms with van der Waals surface area (Å²) in [6.07, 6.45) is 0.864. The zero-order valence-corrected chi connectivity index (χ0v) is 10.0. The van der Waals surface area contributed by atoms with E-state index in [9.17, 15) is 14.7 Å². The van der Waals surface area contributed by atoms with Crippen LogP contribution in [0.5, 0.6) is 0 Å². The van der Waals surface area contributed by atoms with Crippen LogP contribution in [0.2, 0.25) is 0 Å². The summed E-state index contributed by atoms with van der Waals surface area (Å²) in [5.41, 5.74) is 0. The first-order valence-electron chi connectivity index (χ1n) is 5.79. The van der Waals surface area contributed by atoms with E-state index in [1.165, 1.54) is 6.33 Å². The molecule has 1 aliphatic rings. The van der Waals surface area contributed by atoms with E-state index >= 15 is 0 Å². The highest BCUT2D eigenvalue weighted by Crippen LogP contribution is 2.17. The highest BCUT2D eigenvalue weighted by atomic mass is 16.5. The Labute approximate surface area is 108 Å². The van der Waals surface area contributed by atoms with Crippen molar-refractivity contribution in [1.29, 1.82) is 0 Å². The number of carboxylic acid groups (broad SMARTS) is 1. The van der Waals surface area contributed by atoms with Gasteiger partial charge in [-0.05, 0) is 0 Å². The first-order chi connectivity index (χ1) is 9.08. The predicted molar refractivity (Wildman–Crippen MR) is 60.2 cm³/mol. The fourth-order valence-corrected chi connectivity index (χ4v) is 1.96. The van der Waals surface area contributed by atoms with Gasteiger partial charge in [0.2, 0.25) is 5.89 Å². The standard InChI is InChI=1S/C10H14N4O5/c15-6-3-7(9(16)17)14(4-6)10(18)11-2-1-8-12-5-13-19-8/h5-7,15H,1-4H2,(H,11,18)(H,16,17)/t6-,7-/m0/s1. The first-order valence-corrected chi connectivity index (χ1v) is 5.79. The molecule has 1 fully saturated rings. The zero-order chi connectivity index (χ0) is 13.8. The second kappa shape index (κ2) is 5.65. The van der Waals surface area contributed by atoms with Gasteiger partial charge in [0.1, 0.15) is 6.04 Å². The predicted octanol–water partition coefficient (Wildman–Crippen LogP) is -1.16. The Hall–Kier alpha value is -2.16. The van der Waals surface area contributed by atoms with Gasteiger partial charge in [-0.25, -0.2) is 9.59 Å². The Kier molecular flexibility index (Phi) is 3.95. The van der Waals surface area contributed by atoms with E-state index in [1.807, 2.05) is 0 Å². The van der Waals surface area contributed by atoms with Gasteiger partial charge in [0.05, 0.1) is 6.10 Å². The third-order valence-corrected chi connectivity index (χ3v) is 2.85. The summed E-state index contributed by atoms with van der Waals surface area (Å²) in [6.45, 7) is 0.267. The van der Waals surface area contributed by atoms with Crippen molar-refractivity contribution in [3.05, 3.63) is 12.2 Å². The second-order valence-corrected chi connectivity index (χ2v) is 4.21. The molecule has 0 radical (unpaired) electrons. The van der Waals surface area contributed by atoms with Crippen molar-refractivity contribution in [2.45, 2.75) is 25.0 Å². The number of hydrogen-bond donors (Lipinski definition) is 3. The highest BCUT2D eigenvalue weighted by Gasteiger charge is 2.38. The number of hydrogen-bond acceptors (Lipinski definition) is 6. The van der Waals surface area contributed by atoms with Crippen LogP contribution in [-0.2, 0) is 11.2 Å². The van der Waals surface area contributed by atoms with Crippen LogP contribution in [0.1, 0.15) is 12.3 Å². The van der Waals surface area contributed by atoms with E-state index in [-0.39, 0.29) is 19.5 Å². The molecule has 9 heteroatoms. The molecular weight excluding hydrogens is 256 g/mol. The average Bonchev–Trinajstić information content (AvgIpc) is 2.98. The van der Waals surface area contributed by atoms with E-state index in [2.05, 4.69) is 15.5 Å². The number of nitrogens with zero attached hydrogens (tertiary/aromatic N) is 3. The molecule has 0 bridgehead atoms. The van der Waals surface area contributed by atoms with E-state index in [4.69, 9.17) is 9.63 Å². The number of aliphatic hydroxyl groups excluding tert-OH is 1. The third kappa shape index (κ3) is 3.19. The molecule has 0 aliphatic carbocycles. The van der Waals surface area contributed by atoms with Crippen molar-refractivity contribution in [2.24, 2.45) is 0 Å². The number of amides is 2. The van der Waals surface area contributed by atoms with Gasteiger partial charge >= 0.3 is 12.0 Å². The topological polar surface area (TPSA) is 129 Å². The Bertz CT molecular complexity index is 449. The number of carboxylic acids is 1. The number of aromatic nitrogens is 2. The monoisotopic (exact) mass is 270 g/mol. The Balaban J connectivity index is 1.83. The van der Waals surface area contributed by atoms with Crippen LogP contribution >= 0.6 is 0 Å². The minimum Gasteiger partial charge on any atom is -0.480 e. The molecule has 0 unspecified atom stereocenters.